The Balaban J connectivity index is 2.51. The number of carbonyl (C=O) groups excluding carboxylic acids is 1. The van der Waals surface area contributed by atoms with Crippen molar-refractivity contribution < 1.29 is 9.53 Å². The normalized spacial score (nSPS) is 10.1. The van der Waals surface area contributed by atoms with E-state index in [9.17, 15) is 4.79 Å². The Labute approximate surface area is 103 Å². The second-order valence-electron chi connectivity index (χ2n) is 3.35. The summed E-state index contributed by atoms with van der Waals surface area (Å²) in [6.07, 6.45) is 0.788. The largest absolute Gasteiger partial charge is 0.496 e. The van der Waals surface area contributed by atoms with Gasteiger partial charge in [-0.15, -0.1) is 0 Å². The van der Waals surface area contributed by atoms with E-state index >= 15 is 0 Å². The van der Waals surface area contributed by atoms with Crippen LogP contribution in [0.2, 0.25) is 0 Å². The lowest BCUT2D eigenvalue weighted by atomic mass is 10.1. The third-order valence-electron chi connectivity index (χ3n) is 2.11. The lowest BCUT2D eigenvalue weighted by molar-refractivity contribution is -0.117. The molecule has 0 aromatic heterocycles. The molecule has 16 heavy (non-hydrogen) atoms. The van der Waals surface area contributed by atoms with Crippen LogP contribution in [-0.4, -0.2) is 26.1 Å². The van der Waals surface area contributed by atoms with Crippen LogP contribution >= 0.6 is 15.9 Å². The number of nitrogens with one attached hydrogen (secondary N) is 1. The Hall–Kier alpha value is -1.07. The summed E-state index contributed by atoms with van der Waals surface area (Å²) in [5, 5.41) is 2.96. The van der Waals surface area contributed by atoms with Gasteiger partial charge in [0.15, 0.2) is 0 Å². The highest BCUT2D eigenvalue weighted by Crippen LogP contribution is 2.22. The van der Waals surface area contributed by atoms with E-state index in [4.69, 9.17) is 10.5 Å². The Morgan fingerprint density at radius 1 is 1.56 bits per heavy atom. The van der Waals surface area contributed by atoms with Crippen molar-refractivity contribution in [3.8, 4) is 5.75 Å². The number of halogens is 1. The molecule has 0 fully saturated rings. The second kappa shape index (κ2) is 6.50. The highest BCUT2D eigenvalue weighted by Gasteiger charge is 2.03. The molecule has 0 aliphatic heterocycles. The number of hydrogen-bond acceptors (Lipinski definition) is 3. The van der Waals surface area contributed by atoms with Gasteiger partial charge in [-0.1, -0.05) is 15.9 Å². The lowest BCUT2D eigenvalue weighted by Crippen LogP contribution is -2.29. The SMILES string of the molecule is COc1ccc(Br)cc1CCNCC(N)=O. The van der Waals surface area contributed by atoms with E-state index in [1.807, 2.05) is 18.2 Å². The molecule has 1 aromatic carbocycles. The van der Waals surface area contributed by atoms with Crippen LogP contribution in [0.5, 0.6) is 5.75 Å². The van der Waals surface area contributed by atoms with Gasteiger partial charge in [0.25, 0.3) is 0 Å². The summed E-state index contributed by atoms with van der Waals surface area (Å²) >= 11 is 3.41. The van der Waals surface area contributed by atoms with Gasteiger partial charge in [0.1, 0.15) is 5.75 Å². The number of nitrogens with two attached hydrogens (primary N) is 1. The van der Waals surface area contributed by atoms with E-state index < -0.39 is 0 Å². The van der Waals surface area contributed by atoms with Crippen LogP contribution in [0.15, 0.2) is 22.7 Å². The average molecular weight is 287 g/mol. The average Bonchev–Trinajstić information content (AvgIpc) is 2.24. The maximum absolute atomic E-state index is 10.5. The van der Waals surface area contributed by atoms with Gasteiger partial charge in [0.2, 0.25) is 5.91 Å². The molecule has 0 aliphatic rings. The van der Waals surface area contributed by atoms with Crippen molar-refractivity contribution in [3.63, 3.8) is 0 Å². The first kappa shape index (κ1) is 13.0. The molecular formula is C11H15BrN2O2. The molecule has 0 bridgehead atoms. The highest BCUT2D eigenvalue weighted by molar-refractivity contribution is 9.10. The maximum atomic E-state index is 10.5. The first-order valence-electron chi connectivity index (χ1n) is 4.95. The summed E-state index contributed by atoms with van der Waals surface area (Å²) in [6.45, 7) is 0.895. The summed E-state index contributed by atoms with van der Waals surface area (Å²) in [5.74, 6) is 0.505. The molecule has 0 heterocycles. The van der Waals surface area contributed by atoms with Crippen LogP contribution in [-0.2, 0) is 11.2 Å². The topological polar surface area (TPSA) is 64.3 Å². The maximum Gasteiger partial charge on any atom is 0.231 e. The zero-order chi connectivity index (χ0) is 12.0. The van der Waals surface area contributed by atoms with Crippen molar-refractivity contribution in [2.75, 3.05) is 20.2 Å². The van der Waals surface area contributed by atoms with Crippen LogP contribution in [0.25, 0.3) is 0 Å². The summed E-state index contributed by atoms with van der Waals surface area (Å²) < 4.78 is 6.25. The fraction of sp³-hybridized carbons (Fsp3) is 0.364. The Kier molecular flexibility index (Phi) is 5.28. The van der Waals surface area contributed by atoms with Gasteiger partial charge in [0, 0.05) is 4.47 Å². The van der Waals surface area contributed by atoms with Crippen LogP contribution in [0.1, 0.15) is 5.56 Å². The second-order valence-corrected chi connectivity index (χ2v) is 4.26. The Bertz CT molecular complexity index is 369. The first-order valence-corrected chi connectivity index (χ1v) is 5.74. The molecule has 0 radical (unpaired) electrons. The van der Waals surface area contributed by atoms with Crippen molar-refractivity contribution in [2.24, 2.45) is 5.73 Å². The van der Waals surface area contributed by atoms with E-state index in [1.54, 1.807) is 7.11 Å². The molecule has 1 aromatic rings. The number of ether oxygens (including phenoxy) is 1. The number of primary amides is 1. The van der Waals surface area contributed by atoms with Gasteiger partial charge in [-0.3, -0.25) is 4.79 Å². The van der Waals surface area contributed by atoms with Gasteiger partial charge in [-0.05, 0) is 36.7 Å². The molecule has 5 heteroatoms. The van der Waals surface area contributed by atoms with Crippen LogP contribution < -0.4 is 15.8 Å². The molecule has 0 atom stereocenters. The molecule has 0 saturated heterocycles. The lowest BCUT2D eigenvalue weighted by Gasteiger charge is -2.09. The monoisotopic (exact) mass is 286 g/mol. The van der Waals surface area contributed by atoms with Gasteiger partial charge in [-0.2, -0.15) is 0 Å². The number of rotatable bonds is 6. The molecule has 1 rings (SSSR count). The van der Waals surface area contributed by atoms with Gasteiger partial charge < -0.3 is 15.8 Å². The minimum absolute atomic E-state index is 0.205. The van der Waals surface area contributed by atoms with E-state index in [0.29, 0.717) is 6.54 Å². The van der Waals surface area contributed by atoms with Crippen molar-refractivity contribution >= 4 is 21.8 Å². The molecule has 4 nitrogen and oxygen atoms in total. The molecule has 0 unspecified atom stereocenters. The summed E-state index contributed by atoms with van der Waals surface area (Å²) in [6, 6.07) is 5.84. The number of methoxy groups -OCH3 is 1. The zero-order valence-corrected chi connectivity index (χ0v) is 10.7. The Morgan fingerprint density at radius 2 is 2.31 bits per heavy atom. The summed E-state index contributed by atoms with van der Waals surface area (Å²) in [7, 11) is 1.64. The Morgan fingerprint density at radius 3 is 2.94 bits per heavy atom. The smallest absolute Gasteiger partial charge is 0.231 e. The highest BCUT2D eigenvalue weighted by atomic mass is 79.9. The van der Waals surface area contributed by atoms with E-state index in [2.05, 4.69) is 21.2 Å². The van der Waals surface area contributed by atoms with E-state index in [0.717, 1.165) is 22.2 Å². The van der Waals surface area contributed by atoms with Gasteiger partial charge in [-0.25, -0.2) is 0 Å². The third-order valence-corrected chi connectivity index (χ3v) is 2.61. The molecule has 0 spiro atoms. The standard InChI is InChI=1S/C11H15BrN2O2/c1-16-10-3-2-9(12)6-8(10)4-5-14-7-11(13)15/h2-3,6,14H,4-5,7H2,1H3,(H2,13,15). The third kappa shape index (κ3) is 4.20. The minimum Gasteiger partial charge on any atom is -0.496 e. The van der Waals surface area contributed by atoms with Crippen molar-refractivity contribution in [1.29, 1.82) is 0 Å². The molecule has 0 aliphatic carbocycles. The van der Waals surface area contributed by atoms with Crippen molar-refractivity contribution in [1.82, 2.24) is 5.32 Å². The number of amides is 1. The predicted molar refractivity (Wildman–Crippen MR) is 66.5 cm³/mol. The number of hydrogen-bond donors (Lipinski definition) is 2. The number of carbonyl (C=O) groups is 1. The molecule has 3 N–H and O–H groups in total. The molecule has 0 saturated carbocycles. The minimum atomic E-state index is -0.346. The first-order chi connectivity index (χ1) is 7.63. The quantitative estimate of drug-likeness (QED) is 0.769. The van der Waals surface area contributed by atoms with Crippen LogP contribution in [0.3, 0.4) is 0 Å². The van der Waals surface area contributed by atoms with E-state index in [1.165, 1.54) is 0 Å². The van der Waals surface area contributed by atoms with Crippen molar-refractivity contribution in [3.05, 3.63) is 28.2 Å². The fourth-order valence-electron chi connectivity index (χ4n) is 1.38. The zero-order valence-electron chi connectivity index (χ0n) is 9.13. The molecular weight excluding hydrogens is 272 g/mol. The van der Waals surface area contributed by atoms with Crippen LogP contribution in [0, 0.1) is 0 Å². The van der Waals surface area contributed by atoms with Gasteiger partial charge in [0.05, 0.1) is 13.7 Å². The molecule has 88 valence electrons. The predicted octanol–water partition coefficient (Wildman–Crippen LogP) is 1.08. The van der Waals surface area contributed by atoms with E-state index in [-0.39, 0.29) is 12.5 Å². The fourth-order valence-corrected chi connectivity index (χ4v) is 1.79. The number of benzene rings is 1. The van der Waals surface area contributed by atoms with Crippen molar-refractivity contribution in [2.45, 2.75) is 6.42 Å². The summed E-state index contributed by atoms with van der Waals surface area (Å²) in [5.41, 5.74) is 6.11. The summed E-state index contributed by atoms with van der Waals surface area (Å²) in [4.78, 5) is 10.5. The van der Waals surface area contributed by atoms with Crippen LogP contribution in [0.4, 0.5) is 0 Å². The van der Waals surface area contributed by atoms with Gasteiger partial charge >= 0.3 is 0 Å². The molecule has 1 amide bonds.